The summed E-state index contributed by atoms with van der Waals surface area (Å²) in [5, 5.41) is 10.1. The van der Waals surface area contributed by atoms with Crippen molar-refractivity contribution in [3.05, 3.63) is 120 Å². The summed E-state index contributed by atoms with van der Waals surface area (Å²) in [5.41, 5.74) is 11.0. The molecule has 14 nitrogen and oxygen atoms in total. The topological polar surface area (TPSA) is 173 Å². The summed E-state index contributed by atoms with van der Waals surface area (Å²) in [5.74, 6) is 2.36. The maximum absolute atomic E-state index is 13.6. The largest absolute Gasteiger partial charge is 0.491 e. The predicted octanol–water partition coefficient (Wildman–Crippen LogP) is 12.8. The van der Waals surface area contributed by atoms with Crippen molar-refractivity contribution in [2.24, 2.45) is 22.7 Å². The number of amides is 1. The molecule has 4 aliphatic rings. The highest BCUT2D eigenvalue weighted by molar-refractivity contribution is 6.66. The molecular weight excluding hydrogens is 1020 g/mol. The van der Waals surface area contributed by atoms with Gasteiger partial charge in [-0.05, 0) is 199 Å². The van der Waals surface area contributed by atoms with E-state index in [0.29, 0.717) is 86.7 Å². The Morgan fingerprint density at radius 1 is 0.693 bits per heavy atom. The monoisotopic (exact) mass is 1080 g/mol. The number of ether oxygens (including phenoxy) is 2. The number of halogens is 5. The average molecular weight is 1080 g/mol. The minimum Gasteiger partial charge on any atom is -0.491 e. The Morgan fingerprint density at radius 2 is 1.13 bits per heavy atom. The van der Waals surface area contributed by atoms with Gasteiger partial charge in [0.15, 0.2) is 0 Å². The quantitative estimate of drug-likeness (QED) is 0.0435. The first-order chi connectivity index (χ1) is 36.0. The summed E-state index contributed by atoms with van der Waals surface area (Å²) in [6.07, 6.45) is 17.7. The van der Waals surface area contributed by atoms with Gasteiger partial charge < -0.3 is 41.0 Å². The molecule has 6 aromatic rings. The van der Waals surface area contributed by atoms with Gasteiger partial charge in [-0.15, -0.1) is 0 Å². The van der Waals surface area contributed by atoms with Gasteiger partial charge in [-0.2, -0.15) is 0 Å². The summed E-state index contributed by atoms with van der Waals surface area (Å²) in [7, 11) is 4.42. The van der Waals surface area contributed by atoms with Crippen molar-refractivity contribution in [1.82, 2.24) is 29.7 Å². The fourth-order valence-corrected chi connectivity index (χ4v) is 11.1. The lowest BCUT2D eigenvalue weighted by atomic mass is 9.57. The van der Waals surface area contributed by atoms with Crippen LogP contribution in [0.1, 0.15) is 64.2 Å². The smallest absolute Gasteiger partial charge is 0.247 e. The summed E-state index contributed by atoms with van der Waals surface area (Å²) in [6, 6.07) is 16.0. The van der Waals surface area contributed by atoms with Gasteiger partial charge in [0.1, 0.15) is 47.4 Å². The van der Waals surface area contributed by atoms with Crippen LogP contribution in [0, 0.1) is 34.3 Å². The number of nitrogens with two attached hydrogens (primary N) is 1. The van der Waals surface area contributed by atoms with Crippen molar-refractivity contribution in [1.29, 1.82) is 0 Å². The number of carbonyl (C=O) groups excluding carboxylic acids is 2. The highest BCUT2D eigenvalue weighted by Gasteiger charge is 2.46. The summed E-state index contributed by atoms with van der Waals surface area (Å²) < 4.78 is 39.3. The van der Waals surface area contributed by atoms with Crippen molar-refractivity contribution >= 4 is 102 Å². The lowest BCUT2D eigenvalue weighted by Crippen LogP contribution is -2.46. The molecule has 5 N–H and O–H groups in total. The number of nitrogens with zero attached hydrogens (tertiary/aromatic N) is 6. The lowest BCUT2D eigenvalue weighted by molar-refractivity contribution is -0.112. The van der Waals surface area contributed by atoms with Crippen molar-refractivity contribution in [2.45, 2.75) is 64.2 Å². The molecule has 0 bridgehead atoms. The second kappa shape index (κ2) is 24.7. The van der Waals surface area contributed by atoms with Gasteiger partial charge in [0, 0.05) is 34.3 Å². The SMILES string of the molecule is C=CC(=O)Cl.C=CC(=O)Nc1cc2c(Nc3ccc(F)c(Cl)c3)ncnc2cc1OCCC1CC2(CCN(C)CC2)C1.CN1CCC2(CC1)CC(CCOc1cc3ncnc(Nc4ccc(F)c(Cl)c4)c3cc1N)C2. The molecule has 2 spiro atoms. The Morgan fingerprint density at radius 3 is 1.57 bits per heavy atom. The van der Waals surface area contributed by atoms with Crippen LogP contribution in [0.15, 0.2) is 98.6 Å². The highest BCUT2D eigenvalue weighted by Crippen LogP contribution is 2.54. The number of benzene rings is 4. The molecule has 4 heterocycles. The molecule has 10 rings (SSSR count). The number of carbonyl (C=O) groups is 2. The van der Waals surface area contributed by atoms with Crippen molar-refractivity contribution in [3.63, 3.8) is 0 Å². The van der Waals surface area contributed by atoms with E-state index in [-0.39, 0.29) is 16.0 Å². The molecule has 0 atom stereocenters. The molecule has 396 valence electrons. The molecule has 19 heteroatoms. The van der Waals surface area contributed by atoms with Crippen molar-refractivity contribution < 1.29 is 27.8 Å². The Labute approximate surface area is 451 Å². The Bertz CT molecular complexity index is 3030. The number of nitrogen functional groups attached to an aromatic ring is 1. The molecule has 0 radical (unpaired) electrons. The molecule has 1 amide bonds. The zero-order valence-corrected chi connectivity index (χ0v) is 44.5. The van der Waals surface area contributed by atoms with Crippen molar-refractivity contribution in [2.75, 3.05) is 75.2 Å². The number of anilines is 6. The van der Waals surface area contributed by atoms with Gasteiger partial charge in [0.2, 0.25) is 11.1 Å². The third kappa shape index (κ3) is 14.2. The normalized spacial score (nSPS) is 17.1. The van der Waals surface area contributed by atoms with Crippen molar-refractivity contribution in [3.8, 4) is 11.5 Å². The van der Waals surface area contributed by atoms with E-state index in [1.165, 1.54) is 121 Å². The van der Waals surface area contributed by atoms with Gasteiger partial charge in [-0.3, -0.25) is 9.59 Å². The Hall–Kier alpha value is -6.17. The predicted molar refractivity (Wildman–Crippen MR) is 297 cm³/mol. The zero-order valence-electron chi connectivity index (χ0n) is 42.2. The maximum Gasteiger partial charge on any atom is 0.247 e. The molecule has 0 unspecified atom stereocenters. The number of aromatic nitrogens is 4. The molecule has 2 saturated carbocycles. The third-order valence-electron chi connectivity index (χ3n) is 15.0. The number of hydrogen-bond acceptors (Lipinski definition) is 13. The zero-order chi connectivity index (χ0) is 53.3. The number of likely N-dealkylation sites (tertiary alicyclic amines) is 2. The van der Waals surface area contributed by atoms with E-state index in [2.05, 4.69) is 72.9 Å². The molecule has 2 saturated heterocycles. The van der Waals surface area contributed by atoms with Gasteiger partial charge >= 0.3 is 0 Å². The standard InChI is InChI=1S/C28H31ClFN5O2.C25H29ClFN5O.C3H3ClO/c1-3-26(36)34-24-13-20-23(31-17-32-27(20)33-19-4-5-22(30)21(29)12-19)14-25(24)37-11-6-18-15-28(16-18)7-9-35(2)10-8-28;1-32-7-5-25(6-8-32)13-16(14-25)4-9-33-23-12-22-18(11-21(23)28)24(30-15-29-22)31-17-2-3-20(27)19(26)10-17;1-2-3(4)5/h3-5,12-14,17-18H,1,6-11,15-16H2,2H3,(H,34,36)(H,31,32,33);2-3,10-12,15-16H,4-9,13-14,28H2,1H3,(H,29,30,31);2H,1H2. The van der Waals surface area contributed by atoms with Crippen LogP contribution in [-0.4, -0.2) is 94.4 Å². The number of hydrogen-bond donors (Lipinski definition) is 4. The summed E-state index contributed by atoms with van der Waals surface area (Å²) in [6.45, 7) is 12.7. The molecule has 4 aromatic carbocycles. The van der Waals surface area contributed by atoms with Gasteiger partial charge in [-0.25, -0.2) is 28.7 Å². The van der Waals surface area contributed by atoms with Crippen LogP contribution >= 0.6 is 34.8 Å². The number of fused-ring (bicyclic) bond motifs is 2. The Kier molecular flexibility index (Phi) is 18.1. The summed E-state index contributed by atoms with van der Waals surface area (Å²) >= 11 is 16.5. The molecule has 2 aliphatic heterocycles. The lowest BCUT2D eigenvalue weighted by Gasteiger charge is -2.52. The first-order valence-corrected chi connectivity index (χ1v) is 26.3. The second-order valence-corrected chi connectivity index (χ2v) is 21.5. The van der Waals surface area contributed by atoms with E-state index in [1.54, 1.807) is 24.3 Å². The minimum atomic E-state index is -0.509. The first-order valence-electron chi connectivity index (χ1n) is 25.2. The van der Waals surface area contributed by atoms with Crippen LogP contribution in [0.4, 0.5) is 43.2 Å². The first kappa shape index (κ1) is 55.1. The average Bonchev–Trinajstić information content (AvgIpc) is 3.37. The highest BCUT2D eigenvalue weighted by atomic mass is 35.5. The van der Waals surface area contributed by atoms with E-state index in [0.717, 1.165) is 35.7 Å². The minimum absolute atomic E-state index is 0.00573. The molecule has 4 fully saturated rings. The van der Waals surface area contributed by atoms with Crippen LogP contribution in [0.5, 0.6) is 11.5 Å². The van der Waals surface area contributed by atoms with E-state index >= 15 is 0 Å². The van der Waals surface area contributed by atoms with Crippen LogP contribution in [0.25, 0.3) is 21.8 Å². The second-order valence-electron chi connectivity index (χ2n) is 20.4. The molecule has 2 aliphatic carbocycles. The van der Waals surface area contributed by atoms with Crippen LogP contribution < -0.4 is 31.2 Å². The van der Waals surface area contributed by atoms with Gasteiger partial charge in [0.05, 0.1) is 45.7 Å². The fourth-order valence-electron chi connectivity index (χ4n) is 10.7. The van der Waals surface area contributed by atoms with E-state index < -0.39 is 16.9 Å². The van der Waals surface area contributed by atoms with E-state index in [9.17, 15) is 18.4 Å². The van der Waals surface area contributed by atoms with E-state index in [4.69, 9.17) is 50.0 Å². The van der Waals surface area contributed by atoms with Crippen LogP contribution in [-0.2, 0) is 9.59 Å². The van der Waals surface area contributed by atoms with Gasteiger partial charge in [-0.1, -0.05) is 36.4 Å². The Balaban J connectivity index is 0.000000184. The van der Waals surface area contributed by atoms with Crippen LogP contribution in [0.2, 0.25) is 10.0 Å². The number of piperidine rings is 2. The number of allylic oxidation sites excluding steroid dienone is 1. The molecule has 75 heavy (non-hydrogen) atoms. The van der Waals surface area contributed by atoms with Gasteiger partial charge in [0.25, 0.3) is 0 Å². The third-order valence-corrected chi connectivity index (χ3v) is 15.8. The van der Waals surface area contributed by atoms with E-state index in [1.807, 2.05) is 12.1 Å². The fraction of sp³-hybridized carbons (Fsp3) is 0.393. The number of nitrogens with one attached hydrogen (secondary N) is 3. The van der Waals surface area contributed by atoms with Crippen LogP contribution in [0.3, 0.4) is 0 Å². The summed E-state index contributed by atoms with van der Waals surface area (Å²) in [4.78, 5) is 43.9. The molecule has 2 aromatic heterocycles. The molecular formula is C56H63Cl3F2N10O4. The maximum atomic E-state index is 13.6. The number of rotatable bonds is 15.